The minimum atomic E-state index is -0.242. The summed E-state index contributed by atoms with van der Waals surface area (Å²) in [5.41, 5.74) is 0.462. The Morgan fingerprint density at radius 3 is 3.11 bits per heavy atom. The zero-order valence-electron chi connectivity index (χ0n) is 9.01. The normalized spacial score (nSPS) is 10.9. The molecule has 1 N–H and O–H groups in total. The van der Waals surface area contributed by atoms with Crippen molar-refractivity contribution in [3.8, 4) is 0 Å². The van der Waals surface area contributed by atoms with E-state index >= 15 is 0 Å². The highest BCUT2D eigenvalue weighted by molar-refractivity contribution is 8.01. The van der Waals surface area contributed by atoms with Crippen LogP contribution >= 0.6 is 23.1 Å². The maximum absolute atomic E-state index is 13.1. The van der Waals surface area contributed by atoms with Crippen molar-refractivity contribution < 1.29 is 9.18 Å². The molecule has 0 saturated heterocycles. The smallest absolute Gasteiger partial charge is 0.169 e. The predicted molar refractivity (Wildman–Crippen MR) is 69.9 cm³/mol. The summed E-state index contributed by atoms with van der Waals surface area (Å²) in [6.45, 7) is 0. The van der Waals surface area contributed by atoms with Crippen molar-refractivity contribution in [3.63, 3.8) is 0 Å². The molecule has 3 aromatic rings. The third-order valence-corrected chi connectivity index (χ3v) is 4.69. The van der Waals surface area contributed by atoms with Crippen molar-refractivity contribution in [1.82, 2.24) is 10.2 Å². The number of aldehydes is 1. The number of H-pyrrole nitrogens is 1. The lowest BCUT2D eigenvalue weighted by Gasteiger charge is -1.92. The molecule has 2 aromatic heterocycles. The quantitative estimate of drug-likeness (QED) is 0.743. The van der Waals surface area contributed by atoms with Gasteiger partial charge in [-0.05, 0) is 29.7 Å². The standard InChI is InChI=1S/C12H7FN2OS2/c13-8-1-2-10-7(3-8)4-12(17-10)18-11-5-14-15-9(11)6-16/h1-6H,(H,14,15). The van der Waals surface area contributed by atoms with Crippen LogP contribution in [0.2, 0.25) is 0 Å². The largest absolute Gasteiger partial charge is 0.296 e. The van der Waals surface area contributed by atoms with Crippen molar-refractivity contribution in [2.75, 3.05) is 0 Å². The molecule has 0 atom stereocenters. The Morgan fingerprint density at radius 2 is 2.28 bits per heavy atom. The number of aromatic nitrogens is 2. The fourth-order valence-electron chi connectivity index (χ4n) is 1.60. The average Bonchev–Trinajstić information content (AvgIpc) is 2.94. The van der Waals surface area contributed by atoms with Crippen molar-refractivity contribution in [3.05, 3.63) is 42.0 Å². The molecule has 18 heavy (non-hydrogen) atoms. The van der Waals surface area contributed by atoms with E-state index in [0.717, 1.165) is 25.5 Å². The fraction of sp³-hybridized carbons (Fsp3) is 0. The zero-order chi connectivity index (χ0) is 12.5. The monoisotopic (exact) mass is 278 g/mol. The second-order valence-electron chi connectivity index (χ2n) is 3.62. The van der Waals surface area contributed by atoms with Crippen molar-refractivity contribution >= 4 is 39.5 Å². The minimum Gasteiger partial charge on any atom is -0.296 e. The number of aromatic amines is 1. The first-order valence-corrected chi connectivity index (χ1v) is 6.75. The number of halogens is 1. The van der Waals surface area contributed by atoms with Gasteiger partial charge in [-0.25, -0.2) is 4.39 Å². The maximum Gasteiger partial charge on any atom is 0.169 e. The number of nitrogens with one attached hydrogen (secondary N) is 1. The summed E-state index contributed by atoms with van der Waals surface area (Å²) in [4.78, 5) is 11.5. The van der Waals surface area contributed by atoms with Gasteiger partial charge in [0.25, 0.3) is 0 Å². The number of benzene rings is 1. The third-order valence-electron chi connectivity index (χ3n) is 2.42. The zero-order valence-corrected chi connectivity index (χ0v) is 10.6. The summed E-state index contributed by atoms with van der Waals surface area (Å²) in [6.07, 6.45) is 2.35. The lowest BCUT2D eigenvalue weighted by atomic mass is 10.3. The molecule has 1 aromatic carbocycles. The van der Waals surface area contributed by atoms with Crippen LogP contribution in [0.15, 0.2) is 39.6 Å². The molecule has 3 nitrogen and oxygen atoms in total. The first-order chi connectivity index (χ1) is 8.76. The lowest BCUT2D eigenvalue weighted by Crippen LogP contribution is -1.80. The van der Waals surface area contributed by atoms with E-state index in [2.05, 4.69) is 10.2 Å². The van der Waals surface area contributed by atoms with Gasteiger partial charge in [-0.1, -0.05) is 11.8 Å². The van der Waals surface area contributed by atoms with Gasteiger partial charge in [0, 0.05) is 4.70 Å². The number of rotatable bonds is 3. The highest BCUT2D eigenvalue weighted by Crippen LogP contribution is 2.37. The van der Waals surface area contributed by atoms with Gasteiger partial charge in [-0.2, -0.15) is 5.10 Å². The van der Waals surface area contributed by atoms with Gasteiger partial charge in [-0.15, -0.1) is 11.3 Å². The highest BCUT2D eigenvalue weighted by Gasteiger charge is 2.09. The molecule has 90 valence electrons. The van der Waals surface area contributed by atoms with Gasteiger partial charge in [0.05, 0.1) is 15.3 Å². The average molecular weight is 278 g/mol. The minimum absolute atomic E-state index is 0.242. The van der Waals surface area contributed by atoms with E-state index in [-0.39, 0.29) is 5.82 Å². The van der Waals surface area contributed by atoms with E-state index in [4.69, 9.17) is 0 Å². The van der Waals surface area contributed by atoms with E-state index < -0.39 is 0 Å². The van der Waals surface area contributed by atoms with Crippen LogP contribution in [0.5, 0.6) is 0 Å². The van der Waals surface area contributed by atoms with E-state index in [1.165, 1.54) is 23.9 Å². The molecule has 0 spiro atoms. The van der Waals surface area contributed by atoms with Crippen molar-refractivity contribution in [1.29, 1.82) is 0 Å². The molecular formula is C12H7FN2OS2. The second kappa shape index (κ2) is 4.55. The van der Waals surface area contributed by atoms with Gasteiger partial charge >= 0.3 is 0 Å². The number of thiophene rings is 1. The highest BCUT2D eigenvalue weighted by atomic mass is 32.2. The van der Waals surface area contributed by atoms with Gasteiger partial charge in [0.15, 0.2) is 6.29 Å². The third kappa shape index (κ3) is 2.04. The summed E-state index contributed by atoms with van der Waals surface area (Å²) < 4.78 is 15.1. The molecule has 0 aliphatic rings. The molecule has 2 heterocycles. The van der Waals surface area contributed by atoms with Crippen LogP contribution in [0.1, 0.15) is 10.5 Å². The molecule has 3 rings (SSSR count). The number of fused-ring (bicyclic) bond motifs is 1. The number of carbonyl (C=O) groups is 1. The first kappa shape index (κ1) is 11.4. The van der Waals surface area contributed by atoms with Gasteiger partial charge < -0.3 is 0 Å². The first-order valence-electron chi connectivity index (χ1n) is 5.12. The number of hydrogen-bond acceptors (Lipinski definition) is 4. The van der Waals surface area contributed by atoms with Crippen LogP contribution in [0.4, 0.5) is 4.39 Å². The molecule has 0 saturated carbocycles. The number of nitrogens with zero attached hydrogens (tertiary/aromatic N) is 1. The molecule has 0 bridgehead atoms. The number of hydrogen-bond donors (Lipinski definition) is 1. The molecule has 0 fully saturated rings. The van der Waals surface area contributed by atoms with Crippen LogP contribution in [0.3, 0.4) is 0 Å². The Hall–Kier alpha value is -1.66. The Balaban J connectivity index is 1.98. The SMILES string of the molecule is O=Cc1[nH]ncc1Sc1cc2cc(F)ccc2s1. The van der Waals surface area contributed by atoms with Crippen LogP contribution in [0, 0.1) is 5.82 Å². The van der Waals surface area contributed by atoms with Crippen molar-refractivity contribution in [2.24, 2.45) is 0 Å². The molecule has 0 unspecified atom stereocenters. The topological polar surface area (TPSA) is 45.8 Å². The van der Waals surface area contributed by atoms with Gasteiger partial charge in [0.2, 0.25) is 0 Å². The van der Waals surface area contributed by atoms with Gasteiger partial charge in [-0.3, -0.25) is 9.89 Å². The molecule has 0 amide bonds. The summed E-state index contributed by atoms with van der Waals surface area (Å²) in [6, 6.07) is 6.62. The predicted octanol–water partition coefficient (Wildman–Crippen LogP) is 3.73. The van der Waals surface area contributed by atoms with Crippen LogP contribution in [-0.4, -0.2) is 16.5 Å². The molecule has 0 aliphatic carbocycles. The molecule has 6 heteroatoms. The molecule has 0 radical (unpaired) electrons. The van der Waals surface area contributed by atoms with E-state index in [9.17, 15) is 9.18 Å². The summed E-state index contributed by atoms with van der Waals surface area (Å²) >= 11 is 3.01. The molecule has 0 aliphatic heterocycles. The summed E-state index contributed by atoms with van der Waals surface area (Å²) in [5, 5.41) is 7.32. The fourth-order valence-corrected chi connectivity index (χ4v) is 3.79. The summed E-state index contributed by atoms with van der Waals surface area (Å²) in [5.74, 6) is -0.242. The van der Waals surface area contributed by atoms with Crippen LogP contribution < -0.4 is 0 Å². The van der Waals surface area contributed by atoms with Crippen LogP contribution in [-0.2, 0) is 0 Å². The number of carbonyl (C=O) groups excluding carboxylic acids is 1. The van der Waals surface area contributed by atoms with E-state index in [1.807, 2.05) is 6.07 Å². The van der Waals surface area contributed by atoms with Crippen molar-refractivity contribution in [2.45, 2.75) is 9.10 Å². The van der Waals surface area contributed by atoms with E-state index in [1.54, 1.807) is 23.6 Å². The Morgan fingerprint density at radius 1 is 1.39 bits per heavy atom. The summed E-state index contributed by atoms with van der Waals surface area (Å²) in [7, 11) is 0. The van der Waals surface area contributed by atoms with Gasteiger partial charge in [0.1, 0.15) is 11.5 Å². The Bertz CT molecular complexity index is 720. The lowest BCUT2D eigenvalue weighted by molar-refractivity contribution is 0.111. The second-order valence-corrected chi connectivity index (χ2v) is 6.04. The van der Waals surface area contributed by atoms with Crippen LogP contribution in [0.25, 0.3) is 10.1 Å². The molecular weight excluding hydrogens is 271 g/mol. The Labute approximate surface area is 110 Å². The Kier molecular flexibility index (Phi) is 2.89. The van der Waals surface area contributed by atoms with E-state index in [0.29, 0.717) is 5.69 Å². The maximum atomic E-state index is 13.1.